The van der Waals surface area contributed by atoms with Crippen LogP contribution in [0.2, 0.25) is 0 Å². The topological polar surface area (TPSA) is 65.5 Å². The number of hydrogen-bond donors (Lipinski definition) is 0. The van der Waals surface area contributed by atoms with Gasteiger partial charge in [-0.1, -0.05) is 37.4 Å². The lowest BCUT2D eigenvalue weighted by Crippen LogP contribution is -2.04. The van der Waals surface area contributed by atoms with Gasteiger partial charge in [0.25, 0.3) is 0 Å². The van der Waals surface area contributed by atoms with Crippen LogP contribution in [0.4, 0.5) is 0 Å². The highest BCUT2D eigenvalue weighted by Crippen LogP contribution is 2.31. The number of rotatable bonds is 7. The van der Waals surface area contributed by atoms with Crippen LogP contribution in [0.3, 0.4) is 0 Å². The van der Waals surface area contributed by atoms with E-state index in [2.05, 4.69) is 18.1 Å². The SMILES string of the molecule is C=CCOC(=O)c1cccc(-c2nc3ccc(C(=O)OCC=C)cc3s2)c1. The summed E-state index contributed by atoms with van der Waals surface area (Å²) in [7, 11) is 0. The third kappa shape index (κ3) is 4.30. The second kappa shape index (κ2) is 8.42. The van der Waals surface area contributed by atoms with E-state index in [1.165, 1.54) is 23.5 Å². The van der Waals surface area contributed by atoms with Gasteiger partial charge in [-0.3, -0.25) is 0 Å². The first kappa shape index (κ1) is 18.5. The van der Waals surface area contributed by atoms with E-state index in [4.69, 9.17) is 9.47 Å². The Labute approximate surface area is 160 Å². The molecular formula is C21H17NO4S. The third-order valence-electron chi connectivity index (χ3n) is 3.63. The molecule has 1 aromatic heterocycles. The van der Waals surface area contributed by atoms with Crippen molar-refractivity contribution in [1.82, 2.24) is 4.98 Å². The maximum Gasteiger partial charge on any atom is 0.338 e. The Balaban J connectivity index is 1.89. The molecule has 0 bridgehead atoms. The van der Waals surface area contributed by atoms with Crippen molar-refractivity contribution in [3.63, 3.8) is 0 Å². The first-order valence-corrected chi connectivity index (χ1v) is 9.01. The van der Waals surface area contributed by atoms with Gasteiger partial charge in [0.15, 0.2) is 0 Å². The molecule has 0 atom stereocenters. The van der Waals surface area contributed by atoms with Gasteiger partial charge in [-0.15, -0.1) is 11.3 Å². The summed E-state index contributed by atoms with van der Waals surface area (Å²) in [5.74, 6) is -0.816. The second-order valence-corrected chi connectivity index (χ2v) is 6.59. The predicted octanol–water partition coefficient (Wildman–Crippen LogP) is 4.65. The average Bonchev–Trinajstić information content (AvgIpc) is 3.13. The van der Waals surface area contributed by atoms with Crippen molar-refractivity contribution in [3.8, 4) is 10.6 Å². The molecule has 0 saturated heterocycles. The van der Waals surface area contributed by atoms with Crippen LogP contribution in [0.1, 0.15) is 20.7 Å². The van der Waals surface area contributed by atoms with Gasteiger partial charge in [0, 0.05) is 5.56 Å². The highest BCUT2D eigenvalue weighted by atomic mass is 32.1. The number of nitrogens with zero attached hydrogens (tertiary/aromatic N) is 1. The van der Waals surface area contributed by atoms with Gasteiger partial charge in [-0.25, -0.2) is 14.6 Å². The molecule has 0 radical (unpaired) electrons. The first-order chi connectivity index (χ1) is 13.1. The summed E-state index contributed by atoms with van der Waals surface area (Å²) < 4.78 is 11.0. The summed E-state index contributed by atoms with van der Waals surface area (Å²) in [6.07, 6.45) is 3.04. The van der Waals surface area contributed by atoms with Gasteiger partial charge >= 0.3 is 11.9 Å². The molecule has 3 aromatic rings. The van der Waals surface area contributed by atoms with E-state index in [9.17, 15) is 9.59 Å². The molecule has 0 aliphatic rings. The number of carbonyl (C=O) groups is 2. The van der Waals surface area contributed by atoms with Crippen LogP contribution in [-0.2, 0) is 9.47 Å². The Hall–Kier alpha value is -3.25. The largest absolute Gasteiger partial charge is 0.458 e. The van der Waals surface area contributed by atoms with Crippen molar-refractivity contribution in [3.05, 3.63) is 78.9 Å². The molecule has 5 nitrogen and oxygen atoms in total. The zero-order valence-corrected chi connectivity index (χ0v) is 15.3. The van der Waals surface area contributed by atoms with E-state index in [0.29, 0.717) is 11.1 Å². The molecule has 0 amide bonds. The molecule has 0 saturated carbocycles. The van der Waals surface area contributed by atoms with E-state index in [1.807, 2.05) is 6.07 Å². The normalized spacial score (nSPS) is 10.4. The molecule has 6 heteroatoms. The Morgan fingerprint density at radius 1 is 0.963 bits per heavy atom. The lowest BCUT2D eigenvalue weighted by Gasteiger charge is -2.03. The zero-order chi connectivity index (χ0) is 19.2. The monoisotopic (exact) mass is 379 g/mol. The van der Waals surface area contributed by atoms with Crippen molar-refractivity contribution in [2.45, 2.75) is 0 Å². The van der Waals surface area contributed by atoms with Crippen molar-refractivity contribution < 1.29 is 19.1 Å². The molecule has 2 aromatic carbocycles. The van der Waals surface area contributed by atoms with Gasteiger partial charge in [-0.05, 0) is 30.3 Å². The lowest BCUT2D eigenvalue weighted by molar-refractivity contribution is 0.0540. The van der Waals surface area contributed by atoms with E-state index in [0.717, 1.165) is 20.8 Å². The smallest absolute Gasteiger partial charge is 0.338 e. The van der Waals surface area contributed by atoms with Crippen LogP contribution in [0, 0.1) is 0 Å². The maximum absolute atomic E-state index is 12.0. The Kier molecular flexibility index (Phi) is 5.78. The van der Waals surface area contributed by atoms with Gasteiger partial charge < -0.3 is 9.47 Å². The number of aromatic nitrogens is 1. The second-order valence-electron chi connectivity index (χ2n) is 5.56. The molecule has 0 unspecified atom stereocenters. The average molecular weight is 379 g/mol. The van der Waals surface area contributed by atoms with Crippen LogP contribution in [-0.4, -0.2) is 30.1 Å². The van der Waals surface area contributed by atoms with Gasteiger partial charge in [-0.2, -0.15) is 0 Å². The number of esters is 2. The summed E-state index contributed by atoms with van der Waals surface area (Å²) in [4.78, 5) is 28.6. The minimum Gasteiger partial charge on any atom is -0.458 e. The third-order valence-corrected chi connectivity index (χ3v) is 4.70. The number of carbonyl (C=O) groups excluding carboxylic acids is 2. The number of hydrogen-bond acceptors (Lipinski definition) is 6. The number of ether oxygens (including phenoxy) is 2. The molecule has 0 aliphatic heterocycles. The molecule has 3 rings (SSSR count). The van der Waals surface area contributed by atoms with Gasteiger partial charge in [0.1, 0.15) is 18.2 Å². The molecule has 1 heterocycles. The van der Waals surface area contributed by atoms with Crippen molar-refractivity contribution >= 4 is 33.5 Å². The standard InChI is InChI=1S/C21H17NO4S/c1-3-10-25-20(23)15-7-5-6-14(12-15)19-22-17-9-8-16(13-18(17)27-19)21(24)26-11-4-2/h3-9,12-13H,1-2,10-11H2. The zero-order valence-electron chi connectivity index (χ0n) is 14.5. The molecule has 136 valence electrons. The highest BCUT2D eigenvalue weighted by molar-refractivity contribution is 7.21. The molecule has 27 heavy (non-hydrogen) atoms. The van der Waals surface area contributed by atoms with Crippen LogP contribution in [0.15, 0.2) is 67.8 Å². The van der Waals surface area contributed by atoms with Crippen LogP contribution in [0.25, 0.3) is 20.8 Å². The van der Waals surface area contributed by atoms with E-state index in [-0.39, 0.29) is 13.2 Å². The molecule has 0 fully saturated rings. The minimum atomic E-state index is -0.412. The Bertz CT molecular complexity index is 1020. The summed E-state index contributed by atoms with van der Waals surface area (Å²) in [5, 5.41) is 0.750. The summed E-state index contributed by atoms with van der Waals surface area (Å²) in [5.41, 5.74) is 2.48. The van der Waals surface area contributed by atoms with E-state index >= 15 is 0 Å². The van der Waals surface area contributed by atoms with Crippen LogP contribution >= 0.6 is 11.3 Å². The Morgan fingerprint density at radius 3 is 2.30 bits per heavy atom. The summed E-state index contributed by atoms with van der Waals surface area (Å²) >= 11 is 1.44. The maximum atomic E-state index is 12.0. The van der Waals surface area contributed by atoms with Gasteiger partial charge in [0.05, 0.1) is 21.3 Å². The van der Waals surface area contributed by atoms with Crippen molar-refractivity contribution in [1.29, 1.82) is 0 Å². The van der Waals surface area contributed by atoms with Crippen LogP contribution in [0.5, 0.6) is 0 Å². The quantitative estimate of drug-likeness (QED) is 0.442. The Morgan fingerprint density at radius 2 is 1.63 bits per heavy atom. The van der Waals surface area contributed by atoms with E-state index in [1.54, 1.807) is 36.4 Å². The predicted molar refractivity (Wildman–Crippen MR) is 106 cm³/mol. The van der Waals surface area contributed by atoms with Crippen molar-refractivity contribution in [2.75, 3.05) is 13.2 Å². The fourth-order valence-electron chi connectivity index (χ4n) is 2.39. The van der Waals surface area contributed by atoms with Gasteiger partial charge in [0.2, 0.25) is 0 Å². The fraction of sp³-hybridized carbons (Fsp3) is 0.0952. The van der Waals surface area contributed by atoms with E-state index < -0.39 is 11.9 Å². The summed E-state index contributed by atoms with van der Waals surface area (Å²) in [6, 6.07) is 12.3. The number of thiazole rings is 1. The summed E-state index contributed by atoms with van der Waals surface area (Å²) in [6.45, 7) is 7.38. The number of benzene rings is 2. The molecule has 0 aliphatic carbocycles. The highest BCUT2D eigenvalue weighted by Gasteiger charge is 2.13. The fourth-order valence-corrected chi connectivity index (χ4v) is 3.39. The minimum absolute atomic E-state index is 0.162. The molecular weight excluding hydrogens is 362 g/mol. The van der Waals surface area contributed by atoms with Crippen molar-refractivity contribution in [2.24, 2.45) is 0 Å². The molecule has 0 spiro atoms. The first-order valence-electron chi connectivity index (χ1n) is 8.19. The lowest BCUT2D eigenvalue weighted by atomic mass is 10.1. The van der Waals surface area contributed by atoms with Crippen LogP contribution < -0.4 is 0 Å². The molecule has 0 N–H and O–H groups in total. The number of fused-ring (bicyclic) bond motifs is 1.